The van der Waals surface area contributed by atoms with Crippen molar-refractivity contribution in [1.29, 1.82) is 0 Å². The van der Waals surface area contributed by atoms with E-state index in [2.05, 4.69) is 20.9 Å². The lowest BCUT2D eigenvalue weighted by Crippen LogP contribution is -2.38. The van der Waals surface area contributed by atoms with Gasteiger partial charge in [0.05, 0.1) is 24.1 Å². The van der Waals surface area contributed by atoms with Crippen molar-refractivity contribution in [2.24, 2.45) is 0 Å². The Bertz CT molecular complexity index is 802. The first kappa shape index (κ1) is 18.7. The lowest BCUT2D eigenvalue weighted by atomic mass is 10.2. The van der Waals surface area contributed by atoms with E-state index in [1.807, 2.05) is 11.8 Å². The van der Waals surface area contributed by atoms with E-state index in [0.29, 0.717) is 53.3 Å². The Morgan fingerprint density at radius 1 is 1.35 bits per heavy atom. The minimum Gasteiger partial charge on any atom is -0.367 e. The summed E-state index contributed by atoms with van der Waals surface area (Å²) in [6.07, 6.45) is 1.74. The quantitative estimate of drug-likeness (QED) is 0.729. The molecular formula is C16H21FN6OS2. The first-order valence-corrected chi connectivity index (χ1v) is 10.3. The molecule has 0 saturated carbocycles. The summed E-state index contributed by atoms with van der Waals surface area (Å²) in [5, 5.41) is 14.7. The normalized spacial score (nSPS) is 15.1. The zero-order valence-electron chi connectivity index (χ0n) is 14.4. The summed E-state index contributed by atoms with van der Waals surface area (Å²) in [5.74, 6) is 0.837. The van der Waals surface area contributed by atoms with Crippen LogP contribution in [0.4, 0.5) is 10.1 Å². The van der Waals surface area contributed by atoms with Gasteiger partial charge in [-0.2, -0.15) is 0 Å². The molecule has 3 rings (SSSR count). The van der Waals surface area contributed by atoms with Crippen LogP contribution >= 0.6 is 12.2 Å². The number of thiocarbonyl (C=S) groups is 1. The third-order valence-electron chi connectivity index (χ3n) is 4.02. The zero-order chi connectivity index (χ0) is 18.5. The molecule has 0 aliphatic carbocycles. The highest BCUT2D eigenvalue weighted by Crippen LogP contribution is 2.23. The number of hydrogen-bond acceptors (Lipinski definition) is 5. The molecular weight excluding hydrogens is 375 g/mol. The molecule has 0 radical (unpaired) electrons. The van der Waals surface area contributed by atoms with Crippen molar-refractivity contribution < 1.29 is 8.60 Å². The summed E-state index contributed by atoms with van der Waals surface area (Å²) >= 11 is 5.10. The first-order chi connectivity index (χ1) is 12.6. The van der Waals surface area contributed by atoms with Crippen LogP contribution < -0.4 is 15.5 Å². The average molecular weight is 397 g/mol. The summed E-state index contributed by atoms with van der Waals surface area (Å²) < 4.78 is 27.5. The smallest absolute Gasteiger partial charge is 0.166 e. The number of hydrogen-bond donors (Lipinski definition) is 2. The predicted octanol–water partition coefficient (Wildman–Crippen LogP) is 0.959. The van der Waals surface area contributed by atoms with Gasteiger partial charge < -0.3 is 15.5 Å². The van der Waals surface area contributed by atoms with Crippen LogP contribution in [0.1, 0.15) is 12.6 Å². The lowest BCUT2D eigenvalue weighted by molar-refractivity contribution is 0.614. The third-order valence-corrected chi connectivity index (χ3v) is 5.59. The first-order valence-electron chi connectivity index (χ1n) is 8.39. The summed E-state index contributed by atoms with van der Waals surface area (Å²) in [5.41, 5.74) is 1.83. The van der Waals surface area contributed by atoms with Crippen LogP contribution in [0, 0.1) is 5.82 Å². The molecule has 7 nitrogen and oxygen atoms in total. The average Bonchev–Trinajstić information content (AvgIpc) is 3.10. The standard InChI is InChI=1S/C16H21FN6OS2/c1-2-18-16(25)19-10-12-11-23(21-20-12)13-3-4-15(14(17)9-13)22-5-7-26(24)8-6-22/h3-4,9,11H,2,5-8,10H2,1H3,(H2,18,19,25). The largest absolute Gasteiger partial charge is 0.367 e. The second-order valence-electron chi connectivity index (χ2n) is 5.84. The Labute approximate surface area is 159 Å². The van der Waals surface area contributed by atoms with E-state index < -0.39 is 10.8 Å². The van der Waals surface area contributed by atoms with Crippen molar-refractivity contribution in [3.8, 4) is 5.69 Å². The fourth-order valence-corrected chi connectivity index (χ4v) is 3.94. The van der Waals surface area contributed by atoms with E-state index in [0.717, 1.165) is 6.54 Å². The van der Waals surface area contributed by atoms with Gasteiger partial charge in [-0.05, 0) is 31.3 Å². The highest BCUT2D eigenvalue weighted by atomic mass is 32.2. The fourth-order valence-electron chi connectivity index (χ4n) is 2.67. The van der Waals surface area contributed by atoms with Gasteiger partial charge in [0.25, 0.3) is 0 Å². The number of rotatable bonds is 5. The molecule has 0 amide bonds. The number of halogens is 1. The molecule has 0 unspecified atom stereocenters. The molecule has 1 aliphatic heterocycles. The molecule has 26 heavy (non-hydrogen) atoms. The number of nitrogens with zero attached hydrogens (tertiary/aromatic N) is 4. The Balaban J connectivity index is 1.67. The highest BCUT2D eigenvalue weighted by molar-refractivity contribution is 7.85. The predicted molar refractivity (Wildman–Crippen MR) is 105 cm³/mol. The van der Waals surface area contributed by atoms with Crippen molar-refractivity contribution >= 4 is 33.8 Å². The van der Waals surface area contributed by atoms with Gasteiger partial charge in [0.1, 0.15) is 11.5 Å². The van der Waals surface area contributed by atoms with Crippen LogP contribution in [0.5, 0.6) is 0 Å². The molecule has 0 spiro atoms. The number of benzene rings is 1. The molecule has 1 aliphatic rings. The molecule has 1 aromatic heterocycles. The van der Waals surface area contributed by atoms with Gasteiger partial charge in [0.2, 0.25) is 0 Å². The molecule has 2 heterocycles. The summed E-state index contributed by atoms with van der Waals surface area (Å²) in [6, 6.07) is 4.98. The monoisotopic (exact) mass is 396 g/mol. The molecule has 1 aromatic carbocycles. The maximum atomic E-state index is 14.5. The van der Waals surface area contributed by atoms with Gasteiger partial charge in [-0.1, -0.05) is 5.21 Å². The Morgan fingerprint density at radius 2 is 2.12 bits per heavy atom. The Hall–Kier alpha value is -2.07. The number of nitrogens with one attached hydrogen (secondary N) is 2. The topological polar surface area (TPSA) is 75.1 Å². The van der Waals surface area contributed by atoms with Crippen LogP contribution in [0.2, 0.25) is 0 Å². The van der Waals surface area contributed by atoms with Gasteiger partial charge in [0, 0.05) is 48.0 Å². The van der Waals surface area contributed by atoms with Crippen molar-refractivity contribution in [2.45, 2.75) is 13.5 Å². The van der Waals surface area contributed by atoms with E-state index in [4.69, 9.17) is 12.2 Å². The van der Waals surface area contributed by atoms with Gasteiger partial charge in [-0.25, -0.2) is 9.07 Å². The van der Waals surface area contributed by atoms with E-state index in [1.54, 1.807) is 18.3 Å². The second kappa shape index (κ2) is 8.54. The fraction of sp³-hybridized carbons (Fsp3) is 0.438. The van der Waals surface area contributed by atoms with Gasteiger partial charge in [0.15, 0.2) is 5.11 Å². The van der Waals surface area contributed by atoms with Crippen LogP contribution in [0.25, 0.3) is 5.69 Å². The molecule has 140 valence electrons. The molecule has 1 saturated heterocycles. The Morgan fingerprint density at radius 3 is 2.81 bits per heavy atom. The van der Waals surface area contributed by atoms with Gasteiger partial charge in [-0.3, -0.25) is 4.21 Å². The maximum Gasteiger partial charge on any atom is 0.166 e. The minimum absolute atomic E-state index is 0.321. The van der Waals surface area contributed by atoms with E-state index in [1.165, 1.54) is 10.7 Å². The molecule has 2 N–H and O–H groups in total. The molecule has 0 atom stereocenters. The lowest BCUT2D eigenvalue weighted by Gasteiger charge is -2.28. The SMILES string of the molecule is CCNC(=S)NCc1cn(-c2ccc(N3CCS(=O)CC3)c(F)c2)nn1. The molecule has 0 bridgehead atoms. The van der Waals surface area contributed by atoms with E-state index >= 15 is 0 Å². The number of anilines is 1. The number of aromatic nitrogens is 3. The summed E-state index contributed by atoms with van der Waals surface area (Å²) in [6.45, 7) is 4.36. The van der Waals surface area contributed by atoms with Gasteiger partial charge >= 0.3 is 0 Å². The van der Waals surface area contributed by atoms with Crippen molar-refractivity contribution in [3.05, 3.63) is 35.9 Å². The van der Waals surface area contributed by atoms with Crippen molar-refractivity contribution in [2.75, 3.05) is 36.0 Å². The van der Waals surface area contributed by atoms with Gasteiger partial charge in [-0.15, -0.1) is 5.10 Å². The Kier molecular flexibility index (Phi) is 6.15. The molecule has 2 aromatic rings. The van der Waals surface area contributed by atoms with Crippen LogP contribution in [0.3, 0.4) is 0 Å². The third kappa shape index (κ3) is 4.55. The maximum absolute atomic E-state index is 14.5. The minimum atomic E-state index is -0.786. The van der Waals surface area contributed by atoms with Crippen LogP contribution in [-0.4, -0.2) is 55.5 Å². The zero-order valence-corrected chi connectivity index (χ0v) is 16.1. The second-order valence-corrected chi connectivity index (χ2v) is 7.94. The highest BCUT2D eigenvalue weighted by Gasteiger charge is 2.18. The molecule has 10 heteroatoms. The van der Waals surface area contributed by atoms with Crippen molar-refractivity contribution in [1.82, 2.24) is 25.6 Å². The van der Waals surface area contributed by atoms with Crippen LogP contribution in [-0.2, 0) is 17.3 Å². The van der Waals surface area contributed by atoms with Crippen LogP contribution in [0.15, 0.2) is 24.4 Å². The van der Waals surface area contributed by atoms with Crippen molar-refractivity contribution in [3.63, 3.8) is 0 Å². The van der Waals surface area contributed by atoms with E-state index in [-0.39, 0.29) is 5.82 Å². The summed E-state index contributed by atoms with van der Waals surface area (Å²) in [4.78, 5) is 1.93. The van der Waals surface area contributed by atoms with E-state index in [9.17, 15) is 8.60 Å². The summed E-state index contributed by atoms with van der Waals surface area (Å²) in [7, 11) is -0.786. The molecule has 1 fully saturated rings.